The van der Waals surface area contributed by atoms with E-state index in [2.05, 4.69) is 34.1 Å². The zero-order valence-corrected chi connectivity index (χ0v) is 16.3. The van der Waals surface area contributed by atoms with Gasteiger partial charge in [0.05, 0.1) is 6.10 Å². The average molecular weight is 370 g/mol. The lowest BCUT2D eigenvalue weighted by Gasteiger charge is -2.34. The summed E-state index contributed by atoms with van der Waals surface area (Å²) in [7, 11) is 1.95. The highest BCUT2D eigenvalue weighted by molar-refractivity contribution is 5.28. The number of hydrogen-bond acceptors (Lipinski definition) is 4. The van der Waals surface area contributed by atoms with Crippen LogP contribution >= 0.6 is 0 Å². The van der Waals surface area contributed by atoms with Crippen LogP contribution in [0.5, 0.6) is 5.75 Å². The van der Waals surface area contributed by atoms with Crippen LogP contribution in [0.1, 0.15) is 56.0 Å². The van der Waals surface area contributed by atoms with Crippen LogP contribution in [-0.4, -0.2) is 38.8 Å². The second kappa shape index (κ2) is 8.44. The van der Waals surface area contributed by atoms with Gasteiger partial charge in [-0.05, 0) is 75.2 Å². The number of aromatic nitrogens is 2. The Balaban J connectivity index is 1.29. The number of aryl methyl sites for hydroxylation is 1. The Morgan fingerprint density at radius 3 is 2.67 bits per heavy atom. The van der Waals surface area contributed by atoms with Crippen molar-refractivity contribution in [2.24, 2.45) is 13.0 Å². The summed E-state index contributed by atoms with van der Waals surface area (Å²) in [6, 6.07) is 8.58. The van der Waals surface area contributed by atoms with E-state index in [1.807, 2.05) is 17.8 Å². The largest absolute Gasteiger partial charge is 0.490 e. The van der Waals surface area contributed by atoms with E-state index >= 15 is 0 Å². The number of imidazole rings is 1. The lowest BCUT2D eigenvalue weighted by Crippen LogP contribution is -2.35. The number of aliphatic hydroxyl groups excluding tert-OH is 1. The SMILES string of the molecule is Cn1ccnc1[C@@H](O)C1CCN(Cc2cccc(OC3CCCC3)c2)CC1. The molecule has 0 amide bonds. The van der Waals surface area contributed by atoms with E-state index in [0.717, 1.165) is 44.0 Å². The third-order valence-electron chi connectivity index (χ3n) is 6.11. The van der Waals surface area contributed by atoms with Crippen molar-refractivity contribution in [3.05, 3.63) is 48.0 Å². The molecule has 4 rings (SSSR count). The summed E-state index contributed by atoms with van der Waals surface area (Å²) < 4.78 is 8.07. The molecule has 2 aromatic rings. The van der Waals surface area contributed by atoms with Gasteiger partial charge in [-0.2, -0.15) is 0 Å². The molecule has 1 aliphatic carbocycles. The topological polar surface area (TPSA) is 50.5 Å². The van der Waals surface area contributed by atoms with Gasteiger partial charge in [-0.1, -0.05) is 12.1 Å². The normalized spacial score (nSPS) is 20.8. The molecule has 1 saturated carbocycles. The van der Waals surface area contributed by atoms with E-state index in [1.165, 1.54) is 31.2 Å². The quantitative estimate of drug-likeness (QED) is 0.844. The molecule has 1 aromatic carbocycles. The minimum atomic E-state index is -0.463. The average Bonchev–Trinajstić information content (AvgIpc) is 3.34. The monoisotopic (exact) mass is 369 g/mol. The molecule has 1 aliphatic heterocycles. The van der Waals surface area contributed by atoms with Crippen molar-refractivity contribution in [3.63, 3.8) is 0 Å². The molecule has 27 heavy (non-hydrogen) atoms. The third-order valence-corrected chi connectivity index (χ3v) is 6.11. The predicted octanol–water partition coefficient (Wildman–Crippen LogP) is 3.69. The van der Waals surface area contributed by atoms with Crippen molar-refractivity contribution < 1.29 is 9.84 Å². The van der Waals surface area contributed by atoms with Crippen LogP contribution in [0.4, 0.5) is 0 Å². The van der Waals surface area contributed by atoms with Crippen molar-refractivity contribution in [1.29, 1.82) is 0 Å². The highest BCUT2D eigenvalue weighted by Gasteiger charge is 2.28. The lowest BCUT2D eigenvalue weighted by atomic mass is 9.90. The van der Waals surface area contributed by atoms with Crippen molar-refractivity contribution in [2.75, 3.05) is 13.1 Å². The molecule has 1 N–H and O–H groups in total. The summed E-state index contributed by atoms with van der Waals surface area (Å²) in [4.78, 5) is 6.80. The van der Waals surface area contributed by atoms with Crippen molar-refractivity contribution in [1.82, 2.24) is 14.5 Å². The summed E-state index contributed by atoms with van der Waals surface area (Å²) >= 11 is 0. The number of hydrogen-bond donors (Lipinski definition) is 1. The van der Waals surface area contributed by atoms with Crippen LogP contribution in [0, 0.1) is 5.92 Å². The van der Waals surface area contributed by atoms with E-state index in [-0.39, 0.29) is 0 Å². The van der Waals surface area contributed by atoms with Crippen LogP contribution in [-0.2, 0) is 13.6 Å². The van der Waals surface area contributed by atoms with E-state index in [1.54, 1.807) is 6.20 Å². The summed E-state index contributed by atoms with van der Waals surface area (Å²) in [5.74, 6) is 2.09. The second-order valence-electron chi connectivity index (χ2n) is 8.13. The van der Waals surface area contributed by atoms with Crippen LogP contribution < -0.4 is 4.74 Å². The maximum absolute atomic E-state index is 10.6. The first-order chi connectivity index (χ1) is 13.2. The summed E-state index contributed by atoms with van der Waals surface area (Å²) in [6.07, 6.45) is 10.6. The molecule has 5 heteroatoms. The van der Waals surface area contributed by atoms with Crippen LogP contribution in [0.2, 0.25) is 0 Å². The Bertz CT molecular complexity index is 731. The first-order valence-corrected chi connectivity index (χ1v) is 10.3. The molecule has 1 saturated heterocycles. The fourth-order valence-corrected chi connectivity index (χ4v) is 4.47. The first-order valence-electron chi connectivity index (χ1n) is 10.3. The minimum Gasteiger partial charge on any atom is -0.490 e. The van der Waals surface area contributed by atoms with Gasteiger partial charge >= 0.3 is 0 Å². The lowest BCUT2D eigenvalue weighted by molar-refractivity contribution is 0.0492. The number of rotatable bonds is 6. The van der Waals surface area contributed by atoms with Crippen molar-refractivity contribution >= 4 is 0 Å². The van der Waals surface area contributed by atoms with Crippen LogP contribution in [0.15, 0.2) is 36.7 Å². The van der Waals surface area contributed by atoms with Crippen LogP contribution in [0.25, 0.3) is 0 Å². The Labute approximate surface area is 162 Å². The van der Waals surface area contributed by atoms with E-state index in [9.17, 15) is 5.11 Å². The second-order valence-corrected chi connectivity index (χ2v) is 8.13. The molecule has 2 heterocycles. The van der Waals surface area contributed by atoms with Crippen molar-refractivity contribution in [2.45, 2.75) is 57.3 Å². The zero-order chi connectivity index (χ0) is 18.6. The number of piperidine rings is 1. The van der Waals surface area contributed by atoms with Gasteiger partial charge in [-0.3, -0.25) is 4.90 Å². The Morgan fingerprint density at radius 2 is 1.96 bits per heavy atom. The molecule has 5 nitrogen and oxygen atoms in total. The fraction of sp³-hybridized carbons (Fsp3) is 0.591. The molecule has 0 radical (unpaired) electrons. The standard InChI is InChI=1S/C22H31N3O2/c1-24-14-11-23-22(24)21(26)18-9-12-25(13-10-18)16-17-5-4-8-20(15-17)27-19-6-2-3-7-19/h4-5,8,11,14-15,18-19,21,26H,2-3,6-7,9-10,12-13,16H2,1H3/t21-/m0/s1. The fourth-order valence-electron chi connectivity index (χ4n) is 4.47. The van der Waals surface area contributed by atoms with Crippen LogP contribution in [0.3, 0.4) is 0 Å². The van der Waals surface area contributed by atoms with Gasteiger partial charge in [0, 0.05) is 26.0 Å². The maximum Gasteiger partial charge on any atom is 0.137 e. The summed E-state index contributed by atoms with van der Waals surface area (Å²) in [6.45, 7) is 2.98. The highest BCUT2D eigenvalue weighted by Crippen LogP contribution is 2.30. The van der Waals surface area contributed by atoms with Gasteiger partial charge < -0.3 is 14.4 Å². The Kier molecular flexibility index (Phi) is 5.79. The predicted molar refractivity (Wildman–Crippen MR) is 105 cm³/mol. The molecule has 0 bridgehead atoms. The van der Waals surface area contributed by atoms with Gasteiger partial charge in [0.1, 0.15) is 17.7 Å². The number of ether oxygens (including phenoxy) is 1. The van der Waals surface area contributed by atoms with Gasteiger partial charge in [-0.25, -0.2) is 4.98 Å². The molecular formula is C22H31N3O2. The van der Waals surface area contributed by atoms with Gasteiger partial charge in [-0.15, -0.1) is 0 Å². The number of likely N-dealkylation sites (tertiary alicyclic amines) is 1. The van der Waals surface area contributed by atoms with Gasteiger partial charge in [0.15, 0.2) is 0 Å². The van der Waals surface area contributed by atoms with Gasteiger partial charge in [0.25, 0.3) is 0 Å². The third kappa shape index (κ3) is 4.53. The highest BCUT2D eigenvalue weighted by atomic mass is 16.5. The van der Waals surface area contributed by atoms with E-state index in [0.29, 0.717) is 12.0 Å². The first kappa shape index (κ1) is 18.5. The summed E-state index contributed by atoms with van der Waals surface area (Å²) in [5.41, 5.74) is 1.31. The van der Waals surface area contributed by atoms with E-state index < -0.39 is 6.10 Å². The molecule has 1 atom stereocenters. The molecule has 2 aliphatic rings. The molecule has 1 aromatic heterocycles. The molecule has 2 fully saturated rings. The molecule has 0 unspecified atom stereocenters. The Hall–Kier alpha value is -1.85. The zero-order valence-electron chi connectivity index (χ0n) is 16.3. The minimum absolute atomic E-state index is 0.291. The molecular weight excluding hydrogens is 338 g/mol. The summed E-state index contributed by atoms with van der Waals surface area (Å²) in [5, 5.41) is 10.6. The number of aliphatic hydroxyl groups is 1. The number of nitrogens with zero attached hydrogens (tertiary/aromatic N) is 3. The Morgan fingerprint density at radius 1 is 1.19 bits per heavy atom. The number of benzene rings is 1. The molecule has 0 spiro atoms. The smallest absolute Gasteiger partial charge is 0.137 e. The maximum atomic E-state index is 10.6. The van der Waals surface area contributed by atoms with Crippen molar-refractivity contribution in [3.8, 4) is 5.75 Å². The van der Waals surface area contributed by atoms with E-state index in [4.69, 9.17) is 4.74 Å². The van der Waals surface area contributed by atoms with Gasteiger partial charge in [0.2, 0.25) is 0 Å². The molecule has 146 valence electrons.